The summed E-state index contributed by atoms with van der Waals surface area (Å²) in [5.41, 5.74) is 5.89. The van der Waals surface area contributed by atoms with Gasteiger partial charge in [-0.3, -0.25) is 0 Å². The van der Waals surface area contributed by atoms with Crippen LogP contribution in [0.15, 0.2) is 72.8 Å². The number of hydrogen-bond acceptors (Lipinski definition) is 2. The second kappa shape index (κ2) is 7.89. The van der Waals surface area contributed by atoms with E-state index in [1.165, 1.54) is 11.1 Å². The monoisotopic (exact) mass is 370 g/mol. The van der Waals surface area contributed by atoms with Crippen molar-refractivity contribution in [3.63, 3.8) is 0 Å². The van der Waals surface area contributed by atoms with Crippen LogP contribution in [0.3, 0.4) is 0 Å². The molecule has 3 aromatic carbocycles. The highest BCUT2D eigenvalue weighted by Crippen LogP contribution is 2.28. The molecule has 0 radical (unpaired) electrons. The number of rotatable bonds is 6. The fourth-order valence-corrected chi connectivity index (χ4v) is 3.59. The van der Waals surface area contributed by atoms with Gasteiger partial charge in [0.2, 0.25) is 0 Å². The van der Waals surface area contributed by atoms with Gasteiger partial charge in [-0.2, -0.15) is 0 Å². The summed E-state index contributed by atoms with van der Waals surface area (Å²) < 4.78 is 7.71. The van der Waals surface area contributed by atoms with Gasteiger partial charge in [-0.1, -0.05) is 62.4 Å². The van der Waals surface area contributed by atoms with Crippen LogP contribution in [0.25, 0.3) is 22.4 Å². The van der Waals surface area contributed by atoms with Crippen LogP contribution in [-0.2, 0) is 6.54 Å². The fraction of sp³-hybridized carbons (Fsp3) is 0.240. The Morgan fingerprint density at radius 2 is 1.75 bits per heavy atom. The van der Waals surface area contributed by atoms with Crippen LogP contribution in [0.5, 0.6) is 5.75 Å². The molecule has 3 heteroatoms. The number of para-hydroxylation sites is 2. The fourth-order valence-electron chi connectivity index (χ4n) is 3.59. The van der Waals surface area contributed by atoms with Crippen LogP contribution in [0.4, 0.5) is 0 Å². The molecule has 0 aliphatic rings. The number of fused-ring (bicyclic) bond motifs is 1. The van der Waals surface area contributed by atoms with Crippen molar-refractivity contribution in [2.75, 3.05) is 7.11 Å². The molecule has 4 aromatic rings. The Labute approximate surface area is 166 Å². The largest absolute Gasteiger partial charge is 0.497 e. The Hall–Kier alpha value is -3.07. The van der Waals surface area contributed by atoms with Crippen molar-refractivity contribution in [2.45, 2.75) is 32.7 Å². The van der Waals surface area contributed by atoms with Gasteiger partial charge in [-0.15, -0.1) is 0 Å². The van der Waals surface area contributed by atoms with E-state index in [1.54, 1.807) is 7.11 Å². The summed E-state index contributed by atoms with van der Waals surface area (Å²) in [5.74, 6) is 2.40. The lowest BCUT2D eigenvalue weighted by Crippen LogP contribution is -2.03. The number of aromatic nitrogens is 2. The van der Waals surface area contributed by atoms with Gasteiger partial charge in [0.15, 0.2) is 0 Å². The molecule has 1 aromatic heterocycles. The maximum Gasteiger partial charge on any atom is 0.141 e. The third kappa shape index (κ3) is 3.53. The summed E-state index contributed by atoms with van der Waals surface area (Å²) in [6.45, 7) is 5.30. The summed E-state index contributed by atoms with van der Waals surface area (Å²) in [6, 6.07) is 25.4. The Morgan fingerprint density at radius 3 is 2.50 bits per heavy atom. The number of benzene rings is 3. The van der Waals surface area contributed by atoms with Gasteiger partial charge >= 0.3 is 0 Å². The zero-order valence-electron chi connectivity index (χ0n) is 16.7. The zero-order chi connectivity index (χ0) is 19.5. The van der Waals surface area contributed by atoms with Gasteiger partial charge in [0, 0.05) is 12.1 Å². The normalized spacial score (nSPS) is 12.2. The molecule has 0 fully saturated rings. The Balaban J connectivity index is 1.77. The van der Waals surface area contributed by atoms with Gasteiger partial charge in [0.25, 0.3) is 0 Å². The van der Waals surface area contributed by atoms with Crippen LogP contribution in [0, 0.1) is 0 Å². The minimum atomic E-state index is 0.593. The van der Waals surface area contributed by atoms with Gasteiger partial charge in [0.1, 0.15) is 11.6 Å². The molecule has 3 nitrogen and oxygen atoms in total. The lowest BCUT2D eigenvalue weighted by molar-refractivity contribution is 0.415. The number of nitrogens with zero attached hydrogens (tertiary/aromatic N) is 2. The molecule has 1 heterocycles. The predicted octanol–water partition coefficient (Wildman–Crippen LogP) is 6.27. The second-order valence-electron chi connectivity index (χ2n) is 7.29. The lowest BCUT2D eigenvalue weighted by atomic mass is 9.97. The Kier molecular flexibility index (Phi) is 5.16. The van der Waals surface area contributed by atoms with Crippen molar-refractivity contribution < 1.29 is 4.74 Å². The van der Waals surface area contributed by atoms with Crippen LogP contribution in [0.1, 0.15) is 37.3 Å². The molecule has 0 saturated carbocycles. The molecule has 1 atom stereocenters. The summed E-state index contributed by atoms with van der Waals surface area (Å²) in [5, 5.41) is 0. The summed E-state index contributed by atoms with van der Waals surface area (Å²) in [6.07, 6.45) is 1.16. The van der Waals surface area contributed by atoms with E-state index < -0.39 is 0 Å². The van der Waals surface area contributed by atoms with E-state index in [4.69, 9.17) is 9.72 Å². The van der Waals surface area contributed by atoms with E-state index in [0.717, 1.165) is 41.1 Å². The topological polar surface area (TPSA) is 27.1 Å². The molecular formula is C25H26N2O. The second-order valence-corrected chi connectivity index (χ2v) is 7.29. The minimum Gasteiger partial charge on any atom is -0.497 e. The highest BCUT2D eigenvalue weighted by molar-refractivity contribution is 5.81. The Bertz CT molecular complexity index is 1080. The zero-order valence-corrected chi connectivity index (χ0v) is 16.7. The first-order valence-electron chi connectivity index (χ1n) is 9.88. The van der Waals surface area contributed by atoms with E-state index in [9.17, 15) is 0 Å². The first-order valence-corrected chi connectivity index (χ1v) is 9.88. The number of methoxy groups -OCH3 is 1. The molecule has 142 valence electrons. The molecule has 0 saturated heterocycles. The number of ether oxygens (including phenoxy) is 1. The Morgan fingerprint density at radius 1 is 0.964 bits per heavy atom. The van der Waals surface area contributed by atoms with Gasteiger partial charge in [-0.25, -0.2) is 4.98 Å². The van der Waals surface area contributed by atoms with Crippen molar-refractivity contribution in [1.82, 2.24) is 9.55 Å². The SMILES string of the molecule is CCC(C)c1ccc(Cn2c(-c3cccc(OC)c3)nc3ccccc32)cc1. The van der Waals surface area contributed by atoms with E-state index >= 15 is 0 Å². The standard InChI is InChI=1S/C25H26N2O/c1-4-18(2)20-14-12-19(13-15-20)17-27-24-11-6-5-10-23(24)26-25(27)21-8-7-9-22(16-21)28-3/h5-16,18H,4,17H2,1-3H3. The van der Waals surface area contributed by atoms with Gasteiger partial charge in [-0.05, 0) is 47.7 Å². The van der Waals surface area contributed by atoms with Crippen molar-refractivity contribution in [1.29, 1.82) is 0 Å². The van der Waals surface area contributed by atoms with Gasteiger partial charge in [0.05, 0.1) is 18.1 Å². The van der Waals surface area contributed by atoms with Crippen molar-refractivity contribution in [2.24, 2.45) is 0 Å². The van der Waals surface area contributed by atoms with Crippen LogP contribution in [-0.4, -0.2) is 16.7 Å². The average molecular weight is 370 g/mol. The van der Waals surface area contributed by atoms with Crippen LogP contribution in [0.2, 0.25) is 0 Å². The first-order chi connectivity index (χ1) is 13.7. The highest BCUT2D eigenvalue weighted by Gasteiger charge is 2.14. The first kappa shape index (κ1) is 18.3. The van der Waals surface area contributed by atoms with Crippen molar-refractivity contribution in [3.05, 3.63) is 83.9 Å². The molecule has 0 aliphatic heterocycles. The molecule has 0 spiro atoms. The third-order valence-electron chi connectivity index (χ3n) is 5.48. The molecule has 1 unspecified atom stereocenters. The average Bonchev–Trinajstić information content (AvgIpc) is 3.12. The smallest absolute Gasteiger partial charge is 0.141 e. The molecule has 28 heavy (non-hydrogen) atoms. The van der Waals surface area contributed by atoms with E-state index in [-0.39, 0.29) is 0 Å². The summed E-state index contributed by atoms with van der Waals surface area (Å²) in [7, 11) is 1.70. The quantitative estimate of drug-likeness (QED) is 0.400. The van der Waals surface area contributed by atoms with E-state index in [0.29, 0.717) is 5.92 Å². The molecule has 0 bridgehead atoms. The predicted molar refractivity (Wildman–Crippen MR) is 116 cm³/mol. The minimum absolute atomic E-state index is 0.593. The molecule has 0 amide bonds. The maximum atomic E-state index is 5.42. The lowest BCUT2D eigenvalue weighted by Gasteiger charge is -2.13. The van der Waals surface area contributed by atoms with Crippen LogP contribution < -0.4 is 4.74 Å². The molecule has 0 N–H and O–H groups in total. The van der Waals surface area contributed by atoms with E-state index in [1.807, 2.05) is 24.3 Å². The van der Waals surface area contributed by atoms with E-state index in [2.05, 4.69) is 66.9 Å². The summed E-state index contributed by atoms with van der Waals surface area (Å²) >= 11 is 0. The highest BCUT2D eigenvalue weighted by atomic mass is 16.5. The number of hydrogen-bond donors (Lipinski definition) is 0. The molecular weight excluding hydrogens is 344 g/mol. The number of imidazole rings is 1. The van der Waals surface area contributed by atoms with Crippen LogP contribution >= 0.6 is 0 Å². The van der Waals surface area contributed by atoms with Gasteiger partial charge < -0.3 is 9.30 Å². The molecule has 0 aliphatic carbocycles. The summed E-state index contributed by atoms with van der Waals surface area (Å²) in [4.78, 5) is 4.92. The molecule has 4 rings (SSSR count). The maximum absolute atomic E-state index is 5.42. The van der Waals surface area contributed by atoms with Crippen molar-refractivity contribution >= 4 is 11.0 Å². The third-order valence-corrected chi connectivity index (χ3v) is 5.48. The van der Waals surface area contributed by atoms with Crippen molar-refractivity contribution in [3.8, 4) is 17.1 Å².